The number of halogens is 3. The Bertz CT molecular complexity index is 237. The van der Waals surface area contributed by atoms with Gasteiger partial charge in [0.15, 0.2) is 5.84 Å². The zero-order chi connectivity index (χ0) is 12.8. The van der Waals surface area contributed by atoms with Crippen LogP contribution in [0, 0.1) is 5.92 Å². The lowest BCUT2D eigenvalue weighted by atomic mass is 10.1. The molecule has 0 spiro atoms. The van der Waals surface area contributed by atoms with Crippen molar-refractivity contribution in [3.05, 3.63) is 0 Å². The Morgan fingerprint density at radius 2 is 1.94 bits per heavy atom. The number of nitrogens with two attached hydrogens (primary N) is 1. The largest absolute Gasteiger partial charge is 0.409 e. The van der Waals surface area contributed by atoms with E-state index >= 15 is 0 Å². The van der Waals surface area contributed by atoms with E-state index in [1.807, 2.05) is 0 Å². The van der Waals surface area contributed by atoms with E-state index in [9.17, 15) is 13.2 Å². The second-order valence-corrected chi connectivity index (χ2v) is 4.07. The Labute approximate surface area is 94.1 Å². The summed E-state index contributed by atoms with van der Waals surface area (Å²) in [6.45, 7) is -0.521. The Morgan fingerprint density at radius 3 is 2.31 bits per heavy atom. The number of alkyl halides is 3. The highest BCUT2D eigenvalue weighted by Crippen LogP contribution is 2.29. The fourth-order valence-corrected chi connectivity index (χ4v) is 1.90. The summed E-state index contributed by atoms with van der Waals surface area (Å²) in [6.07, 6.45) is -5.68. The van der Waals surface area contributed by atoms with E-state index in [0.717, 1.165) is 11.8 Å². The van der Waals surface area contributed by atoms with Crippen LogP contribution in [0.4, 0.5) is 13.2 Å². The molecule has 5 N–H and O–H groups in total. The number of oxime groups is 1. The minimum absolute atomic E-state index is 0.0538. The quantitative estimate of drug-likeness (QED) is 0.234. The summed E-state index contributed by atoms with van der Waals surface area (Å²) in [7, 11) is 0. The summed E-state index contributed by atoms with van der Waals surface area (Å²) < 4.78 is 37.1. The van der Waals surface area contributed by atoms with Gasteiger partial charge in [0.2, 0.25) is 0 Å². The molecular weight excluding hydrogens is 249 g/mol. The third-order valence-corrected chi connectivity index (χ3v) is 2.86. The highest BCUT2D eigenvalue weighted by Gasteiger charge is 2.42. The maximum atomic E-state index is 12.4. The smallest absolute Gasteiger partial charge is 0.399 e. The molecule has 0 saturated carbocycles. The van der Waals surface area contributed by atoms with Crippen molar-refractivity contribution < 1.29 is 28.6 Å². The SMILES string of the molecule is NC(=NO)C(CSCC(O)CO)C(F)(F)F. The summed E-state index contributed by atoms with van der Waals surface area (Å²) >= 11 is 0.763. The summed E-state index contributed by atoms with van der Waals surface area (Å²) in [5.41, 5.74) is 4.91. The molecule has 0 aromatic heterocycles. The Hall–Kier alpha value is -0.670. The van der Waals surface area contributed by atoms with Crippen LogP contribution in [-0.4, -0.2) is 51.6 Å². The van der Waals surface area contributed by atoms with Crippen LogP contribution in [0.25, 0.3) is 0 Å². The molecule has 0 aromatic carbocycles. The first-order valence-corrected chi connectivity index (χ1v) is 5.39. The number of thioether (sulfide) groups is 1. The van der Waals surface area contributed by atoms with Crippen LogP contribution >= 0.6 is 11.8 Å². The number of nitrogens with zero attached hydrogens (tertiary/aromatic N) is 1. The number of hydrogen-bond donors (Lipinski definition) is 4. The van der Waals surface area contributed by atoms with Gasteiger partial charge >= 0.3 is 6.18 Å². The highest BCUT2D eigenvalue weighted by molar-refractivity contribution is 7.99. The number of rotatable bonds is 6. The van der Waals surface area contributed by atoms with Crippen LogP contribution in [-0.2, 0) is 0 Å². The number of amidine groups is 1. The van der Waals surface area contributed by atoms with Gasteiger partial charge in [-0.3, -0.25) is 0 Å². The monoisotopic (exact) mass is 262 g/mol. The van der Waals surface area contributed by atoms with Crippen LogP contribution < -0.4 is 5.73 Å². The molecule has 9 heteroatoms. The van der Waals surface area contributed by atoms with Gasteiger partial charge in [0, 0.05) is 11.5 Å². The molecule has 0 aliphatic rings. The molecule has 0 bridgehead atoms. The van der Waals surface area contributed by atoms with Crippen molar-refractivity contribution in [3.63, 3.8) is 0 Å². The van der Waals surface area contributed by atoms with E-state index in [2.05, 4.69) is 5.16 Å². The Balaban J connectivity index is 4.25. The molecule has 0 aromatic rings. The molecule has 0 radical (unpaired) electrons. The van der Waals surface area contributed by atoms with E-state index in [1.54, 1.807) is 0 Å². The normalized spacial score (nSPS) is 17.2. The molecule has 0 aliphatic heterocycles. The van der Waals surface area contributed by atoms with Gasteiger partial charge in [-0.05, 0) is 0 Å². The standard InChI is InChI=1S/C7H13F3N2O3S/c8-7(9,10)5(6(11)12-15)3-16-2-4(14)1-13/h4-5,13-15H,1-3H2,(H2,11,12). The van der Waals surface area contributed by atoms with Crippen molar-refractivity contribution in [1.29, 1.82) is 0 Å². The third kappa shape index (κ3) is 5.42. The lowest BCUT2D eigenvalue weighted by Crippen LogP contribution is -2.38. The van der Waals surface area contributed by atoms with E-state index in [4.69, 9.17) is 21.2 Å². The molecule has 16 heavy (non-hydrogen) atoms. The molecule has 96 valence electrons. The predicted molar refractivity (Wildman–Crippen MR) is 53.4 cm³/mol. The maximum Gasteiger partial charge on any atom is 0.399 e. The van der Waals surface area contributed by atoms with Crippen molar-refractivity contribution in [2.24, 2.45) is 16.8 Å². The molecule has 0 rings (SSSR count). The molecule has 0 amide bonds. The average Bonchev–Trinajstić information content (AvgIpc) is 2.21. The Morgan fingerprint density at radius 1 is 1.38 bits per heavy atom. The average molecular weight is 262 g/mol. The second kappa shape index (κ2) is 6.81. The first-order chi connectivity index (χ1) is 7.32. The highest BCUT2D eigenvalue weighted by atomic mass is 32.2. The molecule has 0 heterocycles. The third-order valence-electron chi connectivity index (χ3n) is 1.67. The first kappa shape index (κ1) is 15.3. The lowest BCUT2D eigenvalue weighted by molar-refractivity contribution is -0.150. The van der Waals surface area contributed by atoms with Crippen molar-refractivity contribution >= 4 is 17.6 Å². The fourth-order valence-electron chi connectivity index (χ4n) is 0.792. The number of hydrogen-bond acceptors (Lipinski definition) is 5. The van der Waals surface area contributed by atoms with Gasteiger partial charge < -0.3 is 21.2 Å². The molecule has 2 atom stereocenters. The minimum Gasteiger partial charge on any atom is -0.409 e. The summed E-state index contributed by atoms with van der Waals surface area (Å²) in [5.74, 6) is -3.51. The van der Waals surface area contributed by atoms with Crippen LogP contribution in [0.1, 0.15) is 0 Å². The topological polar surface area (TPSA) is 99.1 Å². The molecule has 2 unspecified atom stereocenters. The zero-order valence-electron chi connectivity index (χ0n) is 8.18. The van der Waals surface area contributed by atoms with Gasteiger partial charge in [-0.25, -0.2) is 0 Å². The van der Waals surface area contributed by atoms with Crippen molar-refractivity contribution in [2.75, 3.05) is 18.1 Å². The van der Waals surface area contributed by atoms with E-state index in [1.165, 1.54) is 0 Å². The van der Waals surface area contributed by atoms with Gasteiger partial charge in [0.25, 0.3) is 0 Å². The lowest BCUT2D eigenvalue weighted by Gasteiger charge is -2.18. The summed E-state index contributed by atoms with van der Waals surface area (Å²) in [6, 6.07) is 0. The van der Waals surface area contributed by atoms with Gasteiger partial charge in [0.1, 0.15) is 5.92 Å². The van der Waals surface area contributed by atoms with Crippen LogP contribution in [0.2, 0.25) is 0 Å². The van der Waals surface area contributed by atoms with Crippen LogP contribution in [0.3, 0.4) is 0 Å². The van der Waals surface area contributed by atoms with E-state index in [0.29, 0.717) is 0 Å². The predicted octanol–water partition coefficient (Wildman–Crippen LogP) is -0.00230. The van der Waals surface area contributed by atoms with E-state index < -0.39 is 36.4 Å². The molecule has 0 saturated heterocycles. The number of aliphatic hydroxyl groups excluding tert-OH is 2. The molecule has 0 fully saturated rings. The maximum absolute atomic E-state index is 12.4. The second-order valence-electron chi connectivity index (χ2n) is 2.99. The molecule has 5 nitrogen and oxygen atoms in total. The van der Waals surface area contributed by atoms with Gasteiger partial charge in [-0.15, -0.1) is 0 Å². The minimum atomic E-state index is -4.60. The van der Waals surface area contributed by atoms with Gasteiger partial charge in [0.05, 0.1) is 12.7 Å². The first-order valence-electron chi connectivity index (χ1n) is 4.23. The van der Waals surface area contributed by atoms with Crippen LogP contribution in [0.15, 0.2) is 5.16 Å². The summed E-state index contributed by atoms with van der Waals surface area (Å²) in [5, 5.41) is 27.9. The van der Waals surface area contributed by atoms with Gasteiger partial charge in [-0.1, -0.05) is 5.16 Å². The molecular formula is C7H13F3N2O3S. The van der Waals surface area contributed by atoms with Crippen molar-refractivity contribution in [1.82, 2.24) is 0 Å². The van der Waals surface area contributed by atoms with Crippen LogP contribution in [0.5, 0.6) is 0 Å². The van der Waals surface area contributed by atoms with E-state index in [-0.39, 0.29) is 5.75 Å². The number of aliphatic hydroxyl groups is 2. The summed E-state index contributed by atoms with van der Waals surface area (Å²) in [4.78, 5) is 0. The van der Waals surface area contributed by atoms with Gasteiger partial charge in [-0.2, -0.15) is 24.9 Å². The fraction of sp³-hybridized carbons (Fsp3) is 0.857. The zero-order valence-corrected chi connectivity index (χ0v) is 9.00. The molecule has 0 aliphatic carbocycles. The van der Waals surface area contributed by atoms with Crippen molar-refractivity contribution in [3.8, 4) is 0 Å². The van der Waals surface area contributed by atoms with Crippen molar-refractivity contribution in [2.45, 2.75) is 12.3 Å². The Kier molecular flexibility index (Phi) is 6.53.